The van der Waals surface area contributed by atoms with Gasteiger partial charge in [-0.1, -0.05) is 66.7 Å². The van der Waals surface area contributed by atoms with E-state index in [1.807, 2.05) is 73.7 Å². The molecule has 3 rings (SSSR count). The van der Waals surface area contributed by atoms with E-state index >= 15 is 0 Å². The number of aromatic hydroxyl groups is 2. The first-order valence-electron chi connectivity index (χ1n) is 6.76. The number of hydrogen-bond acceptors (Lipinski definition) is 2. The molecule has 0 atom stereocenters. The van der Waals surface area contributed by atoms with Crippen molar-refractivity contribution in [3.8, 4) is 22.6 Å². The van der Waals surface area contributed by atoms with Crippen molar-refractivity contribution in [2.24, 2.45) is 0 Å². The molecular weight excluding hydrogens is 260 g/mol. The quantitative estimate of drug-likeness (QED) is 0.673. The molecule has 0 amide bonds. The summed E-state index contributed by atoms with van der Waals surface area (Å²) >= 11 is 0. The SMILES string of the molecule is Cc1ccccc1O.Oc1ccccc1-c1ccccc1. The highest BCUT2D eigenvalue weighted by atomic mass is 16.3. The van der Waals surface area contributed by atoms with Crippen LogP contribution in [0.4, 0.5) is 0 Å². The Morgan fingerprint density at radius 3 is 1.62 bits per heavy atom. The summed E-state index contributed by atoms with van der Waals surface area (Å²) < 4.78 is 0. The molecule has 0 bridgehead atoms. The maximum Gasteiger partial charge on any atom is 0.123 e. The highest BCUT2D eigenvalue weighted by Gasteiger charge is 2.00. The van der Waals surface area contributed by atoms with Gasteiger partial charge in [-0.25, -0.2) is 0 Å². The van der Waals surface area contributed by atoms with Crippen LogP contribution in [0.3, 0.4) is 0 Å². The van der Waals surface area contributed by atoms with Crippen LogP contribution in [0.2, 0.25) is 0 Å². The zero-order valence-electron chi connectivity index (χ0n) is 11.9. The van der Waals surface area contributed by atoms with Gasteiger partial charge in [0.25, 0.3) is 0 Å². The van der Waals surface area contributed by atoms with Gasteiger partial charge in [-0.05, 0) is 30.2 Å². The maximum atomic E-state index is 9.56. The molecule has 106 valence electrons. The largest absolute Gasteiger partial charge is 0.508 e. The summed E-state index contributed by atoms with van der Waals surface area (Å²) in [5.41, 5.74) is 2.84. The summed E-state index contributed by atoms with van der Waals surface area (Å²) in [6.07, 6.45) is 0. The molecule has 0 aliphatic rings. The standard InChI is InChI=1S/C12H10O.C7H8O/c13-12-9-5-4-8-11(12)10-6-2-1-3-7-10;1-6-4-2-3-5-7(6)8/h1-9,13H;2-5,8H,1H3. The van der Waals surface area contributed by atoms with E-state index in [9.17, 15) is 5.11 Å². The number of aryl methyl sites for hydroxylation is 1. The molecule has 2 nitrogen and oxygen atoms in total. The lowest BCUT2D eigenvalue weighted by atomic mass is 10.1. The molecule has 0 saturated carbocycles. The summed E-state index contributed by atoms with van der Waals surface area (Å²) in [6.45, 7) is 1.87. The molecule has 0 radical (unpaired) electrons. The van der Waals surface area contributed by atoms with Crippen molar-refractivity contribution in [1.29, 1.82) is 0 Å². The lowest BCUT2D eigenvalue weighted by Gasteiger charge is -2.02. The molecule has 0 spiro atoms. The monoisotopic (exact) mass is 278 g/mol. The van der Waals surface area contributed by atoms with Gasteiger partial charge in [-0.3, -0.25) is 0 Å². The van der Waals surface area contributed by atoms with Crippen molar-refractivity contribution in [2.75, 3.05) is 0 Å². The number of hydrogen-bond donors (Lipinski definition) is 2. The van der Waals surface area contributed by atoms with Crippen molar-refractivity contribution in [3.05, 3.63) is 84.4 Å². The predicted molar refractivity (Wildman–Crippen MR) is 86.4 cm³/mol. The Hall–Kier alpha value is -2.74. The molecule has 3 aromatic carbocycles. The average molecular weight is 278 g/mol. The fourth-order valence-electron chi connectivity index (χ4n) is 1.90. The predicted octanol–water partition coefficient (Wildman–Crippen LogP) is 4.76. The van der Waals surface area contributed by atoms with Crippen LogP contribution in [0, 0.1) is 6.92 Å². The average Bonchev–Trinajstić information content (AvgIpc) is 2.52. The van der Waals surface area contributed by atoms with Gasteiger partial charge in [0.05, 0.1) is 0 Å². The van der Waals surface area contributed by atoms with Crippen LogP contribution in [-0.4, -0.2) is 10.2 Å². The van der Waals surface area contributed by atoms with E-state index in [0.29, 0.717) is 11.5 Å². The lowest BCUT2D eigenvalue weighted by Crippen LogP contribution is -1.76. The zero-order valence-corrected chi connectivity index (χ0v) is 11.9. The molecule has 0 aromatic heterocycles. The topological polar surface area (TPSA) is 40.5 Å². The highest BCUT2D eigenvalue weighted by Crippen LogP contribution is 2.27. The summed E-state index contributed by atoms with van der Waals surface area (Å²) in [6, 6.07) is 24.4. The molecule has 0 aliphatic heterocycles. The van der Waals surface area contributed by atoms with Crippen LogP contribution >= 0.6 is 0 Å². The van der Waals surface area contributed by atoms with Crippen LogP contribution in [0.5, 0.6) is 11.5 Å². The first-order chi connectivity index (χ1) is 10.2. The Balaban J connectivity index is 0.000000173. The number of benzene rings is 3. The van der Waals surface area contributed by atoms with Gasteiger partial charge in [0, 0.05) is 5.56 Å². The summed E-state index contributed by atoms with van der Waals surface area (Å²) in [5, 5.41) is 18.5. The van der Waals surface area contributed by atoms with Gasteiger partial charge < -0.3 is 10.2 Å². The van der Waals surface area contributed by atoms with Crippen molar-refractivity contribution in [1.82, 2.24) is 0 Å². The van der Waals surface area contributed by atoms with Gasteiger partial charge in [-0.2, -0.15) is 0 Å². The zero-order chi connectivity index (χ0) is 15.1. The second-order valence-electron chi connectivity index (χ2n) is 4.67. The molecular formula is C19H18O2. The Morgan fingerprint density at radius 1 is 0.571 bits per heavy atom. The Morgan fingerprint density at radius 2 is 1.10 bits per heavy atom. The minimum atomic E-state index is 0.328. The first kappa shape index (κ1) is 14.7. The molecule has 3 aromatic rings. The van der Waals surface area contributed by atoms with E-state index in [1.165, 1.54) is 0 Å². The third-order valence-electron chi connectivity index (χ3n) is 3.10. The third kappa shape index (κ3) is 4.11. The van der Waals surface area contributed by atoms with E-state index in [2.05, 4.69) is 0 Å². The van der Waals surface area contributed by atoms with Gasteiger partial charge in [0.1, 0.15) is 11.5 Å². The van der Waals surface area contributed by atoms with E-state index in [0.717, 1.165) is 16.7 Å². The summed E-state index contributed by atoms with van der Waals surface area (Å²) in [7, 11) is 0. The fraction of sp³-hybridized carbons (Fsp3) is 0.0526. The summed E-state index contributed by atoms with van der Waals surface area (Å²) in [4.78, 5) is 0. The molecule has 0 fully saturated rings. The second-order valence-corrected chi connectivity index (χ2v) is 4.67. The molecule has 2 N–H and O–H groups in total. The normalized spacial score (nSPS) is 9.57. The third-order valence-corrected chi connectivity index (χ3v) is 3.10. The van der Waals surface area contributed by atoms with Gasteiger partial charge >= 0.3 is 0 Å². The molecule has 0 heterocycles. The van der Waals surface area contributed by atoms with E-state index in [-0.39, 0.29) is 0 Å². The van der Waals surface area contributed by atoms with Crippen LogP contribution in [0.1, 0.15) is 5.56 Å². The first-order valence-corrected chi connectivity index (χ1v) is 6.76. The van der Waals surface area contributed by atoms with Crippen LogP contribution in [0.25, 0.3) is 11.1 Å². The van der Waals surface area contributed by atoms with Crippen LogP contribution in [-0.2, 0) is 0 Å². The van der Waals surface area contributed by atoms with E-state index < -0.39 is 0 Å². The minimum absolute atomic E-state index is 0.328. The van der Waals surface area contributed by atoms with Crippen molar-refractivity contribution in [2.45, 2.75) is 6.92 Å². The van der Waals surface area contributed by atoms with Crippen LogP contribution < -0.4 is 0 Å². The minimum Gasteiger partial charge on any atom is -0.508 e. The fourth-order valence-corrected chi connectivity index (χ4v) is 1.90. The van der Waals surface area contributed by atoms with Crippen molar-refractivity contribution < 1.29 is 10.2 Å². The lowest BCUT2D eigenvalue weighted by molar-refractivity contribution is 0.471. The summed E-state index contributed by atoms with van der Waals surface area (Å²) in [5.74, 6) is 0.696. The smallest absolute Gasteiger partial charge is 0.123 e. The molecule has 0 aliphatic carbocycles. The number of phenolic OH excluding ortho intramolecular Hbond substituents is 2. The number of rotatable bonds is 1. The highest BCUT2D eigenvalue weighted by molar-refractivity contribution is 5.69. The Kier molecular flexibility index (Phi) is 4.99. The van der Waals surface area contributed by atoms with Crippen molar-refractivity contribution >= 4 is 0 Å². The van der Waals surface area contributed by atoms with Gasteiger partial charge in [-0.15, -0.1) is 0 Å². The van der Waals surface area contributed by atoms with E-state index in [1.54, 1.807) is 12.1 Å². The molecule has 0 saturated heterocycles. The second kappa shape index (κ2) is 7.15. The van der Waals surface area contributed by atoms with Gasteiger partial charge in [0.15, 0.2) is 0 Å². The van der Waals surface area contributed by atoms with E-state index in [4.69, 9.17) is 5.11 Å². The molecule has 21 heavy (non-hydrogen) atoms. The number of para-hydroxylation sites is 2. The Bertz CT molecular complexity index is 670. The molecule has 2 heteroatoms. The van der Waals surface area contributed by atoms with Gasteiger partial charge in [0.2, 0.25) is 0 Å². The molecule has 0 unspecified atom stereocenters. The van der Waals surface area contributed by atoms with Crippen LogP contribution in [0.15, 0.2) is 78.9 Å². The number of phenols is 2. The maximum absolute atomic E-state index is 9.56. The Labute approximate surface area is 125 Å². The van der Waals surface area contributed by atoms with Crippen molar-refractivity contribution in [3.63, 3.8) is 0 Å².